The van der Waals surface area contributed by atoms with Gasteiger partial charge in [-0.3, -0.25) is 0 Å². The second kappa shape index (κ2) is 5.82. The van der Waals surface area contributed by atoms with Crippen molar-refractivity contribution in [3.05, 3.63) is 53.3 Å². The lowest BCUT2D eigenvalue weighted by Crippen LogP contribution is -2.08. The van der Waals surface area contributed by atoms with Gasteiger partial charge in [-0.2, -0.15) is 0 Å². The first-order valence-corrected chi connectivity index (χ1v) is 6.41. The van der Waals surface area contributed by atoms with Crippen LogP contribution in [0.5, 0.6) is 11.5 Å². The minimum atomic E-state index is -0.357. The first-order chi connectivity index (χ1) is 9.51. The topological polar surface area (TPSA) is 41.5 Å². The van der Waals surface area contributed by atoms with Gasteiger partial charge in [-0.15, -0.1) is 0 Å². The highest BCUT2D eigenvalue weighted by Gasteiger charge is 2.13. The van der Waals surface area contributed by atoms with E-state index in [4.69, 9.17) is 4.74 Å². The number of anilines is 1. The SMILES string of the molecule is COc1ccc(F)c(NC(C)c2cc(C)ccc2O)c1. The van der Waals surface area contributed by atoms with Crippen LogP contribution in [0.1, 0.15) is 24.1 Å². The predicted octanol–water partition coefficient (Wildman–Crippen LogP) is 4.02. The third kappa shape index (κ3) is 3.02. The van der Waals surface area contributed by atoms with Crippen LogP contribution in [0.15, 0.2) is 36.4 Å². The van der Waals surface area contributed by atoms with E-state index in [2.05, 4.69) is 5.32 Å². The summed E-state index contributed by atoms with van der Waals surface area (Å²) >= 11 is 0. The molecule has 2 rings (SSSR count). The van der Waals surface area contributed by atoms with Crippen LogP contribution in [0.3, 0.4) is 0 Å². The number of methoxy groups -OCH3 is 1. The zero-order chi connectivity index (χ0) is 14.7. The van der Waals surface area contributed by atoms with Crippen LogP contribution in [0.4, 0.5) is 10.1 Å². The number of rotatable bonds is 4. The van der Waals surface area contributed by atoms with Gasteiger partial charge >= 0.3 is 0 Å². The van der Waals surface area contributed by atoms with Gasteiger partial charge in [-0.1, -0.05) is 17.7 Å². The van der Waals surface area contributed by atoms with E-state index in [1.54, 1.807) is 18.2 Å². The number of nitrogens with one attached hydrogen (secondary N) is 1. The summed E-state index contributed by atoms with van der Waals surface area (Å²) in [6.45, 7) is 3.81. The minimum absolute atomic E-state index is 0.193. The van der Waals surface area contributed by atoms with E-state index in [9.17, 15) is 9.50 Å². The zero-order valence-electron chi connectivity index (χ0n) is 11.8. The number of aromatic hydroxyl groups is 1. The molecular formula is C16H18FNO2. The normalized spacial score (nSPS) is 12.0. The van der Waals surface area contributed by atoms with Crippen LogP contribution in [-0.4, -0.2) is 12.2 Å². The fourth-order valence-electron chi connectivity index (χ4n) is 2.07. The van der Waals surface area contributed by atoms with Crippen molar-refractivity contribution < 1.29 is 14.2 Å². The van der Waals surface area contributed by atoms with E-state index in [1.165, 1.54) is 13.2 Å². The van der Waals surface area contributed by atoms with Gasteiger partial charge in [0.25, 0.3) is 0 Å². The number of aryl methyl sites for hydroxylation is 1. The highest BCUT2D eigenvalue weighted by molar-refractivity contribution is 5.52. The number of ether oxygens (including phenoxy) is 1. The van der Waals surface area contributed by atoms with Crippen molar-refractivity contribution in [2.45, 2.75) is 19.9 Å². The molecule has 0 saturated carbocycles. The average Bonchev–Trinajstić information content (AvgIpc) is 2.43. The van der Waals surface area contributed by atoms with E-state index >= 15 is 0 Å². The molecule has 0 aliphatic rings. The number of phenolic OH excluding ortho intramolecular Hbond substituents is 1. The molecule has 0 aromatic heterocycles. The molecule has 2 aromatic rings. The minimum Gasteiger partial charge on any atom is -0.508 e. The standard InChI is InChI=1S/C16H18FNO2/c1-10-4-7-16(19)13(8-10)11(2)18-15-9-12(20-3)5-6-14(15)17/h4-9,11,18-19H,1-3H3. The molecule has 0 fully saturated rings. The van der Waals surface area contributed by atoms with Crippen LogP contribution in [-0.2, 0) is 0 Å². The highest BCUT2D eigenvalue weighted by atomic mass is 19.1. The summed E-state index contributed by atoms with van der Waals surface area (Å²) in [5.41, 5.74) is 2.11. The van der Waals surface area contributed by atoms with Crippen LogP contribution in [0.2, 0.25) is 0 Å². The van der Waals surface area contributed by atoms with Crippen LogP contribution in [0.25, 0.3) is 0 Å². The zero-order valence-corrected chi connectivity index (χ0v) is 11.8. The molecule has 3 nitrogen and oxygen atoms in total. The van der Waals surface area contributed by atoms with Gasteiger partial charge in [-0.25, -0.2) is 4.39 Å². The van der Waals surface area contributed by atoms with Crippen LogP contribution >= 0.6 is 0 Å². The van der Waals surface area contributed by atoms with Crippen molar-refractivity contribution >= 4 is 5.69 Å². The van der Waals surface area contributed by atoms with Gasteiger partial charge in [0.1, 0.15) is 17.3 Å². The molecule has 0 bridgehead atoms. The lowest BCUT2D eigenvalue weighted by Gasteiger charge is -2.18. The first kappa shape index (κ1) is 14.2. The number of benzene rings is 2. The van der Waals surface area contributed by atoms with Gasteiger partial charge in [0.05, 0.1) is 18.8 Å². The number of halogens is 1. The Morgan fingerprint density at radius 3 is 2.65 bits per heavy atom. The molecule has 2 aromatic carbocycles. The fraction of sp³-hybridized carbons (Fsp3) is 0.250. The van der Waals surface area contributed by atoms with Gasteiger partial charge in [-0.05, 0) is 32.0 Å². The Labute approximate surface area is 118 Å². The molecule has 4 heteroatoms. The summed E-state index contributed by atoms with van der Waals surface area (Å²) in [5.74, 6) is 0.415. The van der Waals surface area contributed by atoms with Crippen LogP contribution in [0, 0.1) is 12.7 Å². The lowest BCUT2D eigenvalue weighted by molar-refractivity contribution is 0.414. The Morgan fingerprint density at radius 1 is 1.20 bits per heavy atom. The average molecular weight is 275 g/mol. The molecule has 106 valence electrons. The summed E-state index contributed by atoms with van der Waals surface area (Å²) in [5, 5.41) is 12.9. The second-order valence-electron chi connectivity index (χ2n) is 4.77. The summed E-state index contributed by atoms with van der Waals surface area (Å²) in [4.78, 5) is 0. The third-order valence-electron chi connectivity index (χ3n) is 3.20. The van der Waals surface area contributed by atoms with E-state index in [0.717, 1.165) is 11.1 Å². The van der Waals surface area contributed by atoms with Crippen molar-refractivity contribution in [2.75, 3.05) is 12.4 Å². The summed E-state index contributed by atoms with van der Waals surface area (Å²) in [6.07, 6.45) is 0. The van der Waals surface area contributed by atoms with Gasteiger partial charge in [0, 0.05) is 11.6 Å². The Hall–Kier alpha value is -2.23. The van der Waals surface area contributed by atoms with E-state index in [0.29, 0.717) is 11.4 Å². The quantitative estimate of drug-likeness (QED) is 0.885. The van der Waals surface area contributed by atoms with Gasteiger partial charge in [0.15, 0.2) is 0 Å². The Balaban J connectivity index is 2.27. The van der Waals surface area contributed by atoms with Crippen molar-refractivity contribution in [3.8, 4) is 11.5 Å². The van der Waals surface area contributed by atoms with Crippen molar-refractivity contribution in [2.24, 2.45) is 0 Å². The van der Waals surface area contributed by atoms with Crippen molar-refractivity contribution in [3.63, 3.8) is 0 Å². The number of hydrogen-bond acceptors (Lipinski definition) is 3. The largest absolute Gasteiger partial charge is 0.508 e. The molecular weight excluding hydrogens is 257 g/mol. The summed E-state index contributed by atoms with van der Waals surface area (Å²) in [6, 6.07) is 9.64. The molecule has 0 heterocycles. The van der Waals surface area contributed by atoms with E-state index < -0.39 is 0 Å². The van der Waals surface area contributed by atoms with E-state index in [-0.39, 0.29) is 17.6 Å². The summed E-state index contributed by atoms with van der Waals surface area (Å²) < 4.78 is 18.9. The molecule has 0 aliphatic carbocycles. The number of hydrogen-bond donors (Lipinski definition) is 2. The molecule has 0 spiro atoms. The molecule has 0 saturated heterocycles. The monoisotopic (exact) mass is 275 g/mol. The molecule has 20 heavy (non-hydrogen) atoms. The Morgan fingerprint density at radius 2 is 1.95 bits per heavy atom. The Kier molecular flexibility index (Phi) is 4.13. The Bertz CT molecular complexity index is 613. The van der Waals surface area contributed by atoms with Crippen molar-refractivity contribution in [1.29, 1.82) is 0 Å². The molecule has 0 radical (unpaired) electrons. The van der Waals surface area contributed by atoms with Gasteiger partial charge < -0.3 is 15.2 Å². The maximum Gasteiger partial charge on any atom is 0.146 e. The molecule has 1 unspecified atom stereocenters. The van der Waals surface area contributed by atoms with Crippen LogP contribution < -0.4 is 10.1 Å². The van der Waals surface area contributed by atoms with Gasteiger partial charge in [0.2, 0.25) is 0 Å². The highest BCUT2D eigenvalue weighted by Crippen LogP contribution is 2.30. The lowest BCUT2D eigenvalue weighted by atomic mass is 10.0. The maximum atomic E-state index is 13.8. The maximum absolute atomic E-state index is 13.8. The summed E-state index contributed by atoms with van der Waals surface area (Å²) in [7, 11) is 1.53. The smallest absolute Gasteiger partial charge is 0.146 e. The molecule has 1 atom stereocenters. The fourth-order valence-corrected chi connectivity index (χ4v) is 2.07. The number of phenols is 1. The molecule has 0 amide bonds. The first-order valence-electron chi connectivity index (χ1n) is 6.41. The second-order valence-corrected chi connectivity index (χ2v) is 4.77. The van der Waals surface area contributed by atoms with Crippen molar-refractivity contribution in [1.82, 2.24) is 0 Å². The molecule has 2 N–H and O–H groups in total. The van der Waals surface area contributed by atoms with E-state index in [1.807, 2.05) is 26.0 Å². The third-order valence-corrected chi connectivity index (χ3v) is 3.20. The predicted molar refractivity (Wildman–Crippen MR) is 77.8 cm³/mol. The molecule has 0 aliphatic heterocycles.